The fourth-order valence-corrected chi connectivity index (χ4v) is 3.25. The molecule has 3 aromatic rings. The molecule has 126 valence electrons. The lowest BCUT2D eigenvalue weighted by molar-refractivity contribution is 0.210. The summed E-state index contributed by atoms with van der Waals surface area (Å²) in [5.41, 5.74) is 1.78. The van der Waals surface area contributed by atoms with Gasteiger partial charge in [-0.15, -0.1) is 0 Å². The van der Waals surface area contributed by atoms with Crippen LogP contribution in [0.2, 0.25) is 0 Å². The first-order valence-corrected chi connectivity index (χ1v) is 8.23. The highest BCUT2D eigenvalue weighted by Crippen LogP contribution is 2.20. The van der Waals surface area contributed by atoms with E-state index in [4.69, 9.17) is 8.94 Å². The van der Waals surface area contributed by atoms with E-state index < -0.39 is 0 Å². The van der Waals surface area contributed by atoms with Gasteiger partial charge >= 0.3 is 0 Å². The van der Waals surface area contributed by atoms with Gasteiger partial charge in [0.15, 0.2) is 11.4 Å². The third kappa shape index (κ3) is 3.18. The lowest BCUT2D eigenvalue weighted by Crippen LogP contribution is -2.34. The highest BCUT2D eigenvalue weighted by Gasteiger charge is 2.27. The summed E-state index contributed by atoms with van der Waals surface area (Å²) in [7, 11) is 2.11. The topological polar surface area (TPSA) is 71.4 Å². The van der Waals surface area contributed by atoms with Gasteiger partial charge in [-0.2, -0.15) is 4.98 Å². The van der Waals surface area contributed by atoms with Crippen molar-refractivity contribution in [2.24, 2.45) is 0 Å². The molecule has 24 heavy (non-hydrogen) atoms. The molecule has 0 saturated carbocycles. The van der Waals surface area contributed by atoms with E-state index in [1.165, 1.54) is 0 Å². The van der Waals surface area contributed by atoms with Crippen LogP contribution in [-0.4, -0.2) is 51.1 Å². The Labute approximate surface area is 140 Å². The van der Waals surface area contributed by atoms with Crippen LogP contribution < -0.4 is 0 Å². The van der Waals surface area contributed by atoms with Crippen molar-refractivity contribution in [3.63, 3.8) is 0 Å². The number of rotatable bonds is 5. The van der Waals surface area contributed by atoms with E-state index >= 15 is 0 Å². The van der Waals surface area contributed by atoms with Crippen molar-refractivity contribution < 1.29 is 8.94 Å². The van der Waals surface area contributed by atoms with Gasteiger partial charge in [0.2, 0.25) is 11.8 Å². The van der Waals surface area contributed by atoms with Crippen LogP contribution in [0.1, 0.15) is 24.0 Å². The van der Waals surface area contributed by atoms with Crippen LogP contribution in [0.4, 0.5) is 0 Å². The Morgan fingerprint density at radius 2 is 2.17 bits per heavy atom. The first-order chi connectivity index (χ1) is 11.7. The Morgan fingerprint density at radius 1 is 1.29 bits per heavy atom. The Bertz CT molecular complexity index is 794. The first kappa shape index (κ1) is 15.3. The number of hydrogen-bond acceptors (Lipinski definition) is 7. The molecule has 0 radical (unpaired) electrons. The zero-order valence-electron chi connectivity index (χ0n) is 14.0. The maximum atomic E-state index is 5.83. The van der Waals surface area contributed by atoms with Gasteiger partial charge in [0, 0.05) is 26.1 Å². The van der Waals surface area contributed by atoms with Crippen LogP contribution in [0.15, 0.2) is 33.2 Å². The third-order valence-electron chi connectivity index (χ3n) is 4.53. The summed E-state index contributed by atoms with van der Waals surface area (Å²) in [6.45, 7) is 5.30. The molecule has 0 bridgehead atoms. The molecule has 1 aliphatic heterocycles. The van der Waals surface area contributed by atoms with E-state index in [2.05, 4.69) is 32.0 Å². The Hall–Kier alpha value is -2.25. The van der Waals surface area contributed by atoms with Crippen molar-refractivity contribution in [2.45, 2.75) is 32.5 Å². The van der Waals surface area contributed by atoms with Crippen LogP contribution in [0.5, 0.6) is 0 Å². The quantitative estimate of drug-likeness (QED) is 0.711. The SMILES string of the molecule is Cc1nc(CN(C)C2CCN(Cc3nc4ccccc4o3)C2)no1. The summed E-state index contributed by atoms with van der Waals surface area (Å²) in [4.78, 5) is 13.5. The number of likely N-dealkylation sites (N-methyl/N-ethyl adjacent to an activating group) is 1. The molecule has 1 saturated heterocycles. The Balaban J connectivity index is 1.35. The van der Waals surface area contributed by atoms with Gasteiger partial charge < -0.3 is 8.94 Å². The van der Waals surface area contributed by atoms with Gasteiger partial charge in [-0.1, -0.05) is 17.3 Å². The minimum absolute atomic E-state index is 0.480. The molecular formula is C17H21N5O2. The second-order valence-corrected chi connectivity index (χ2v) is 6.40. The Morgan fingerprint density at radius 3 is 2.96 bits per heavy atom. The second kappa shape index (κ2) is 6.33. The molecule has 7 heteroatoms. The van der Waals surface area contributed by atoms with Crippen LogP contribution >= 0.6 is 0 Å². The third-order valence-corrected chi connectivity index (χ3v) is 4.53. The van der Waals surface area contributed by atoms with Gasteiger partial charge in [-0.05, 0) is 25.6 Å². The smallest absolute Gasteiger partial charge is 0.223 e. The molecule has 1 aromatic carbocycles. The fraction of sp³-hybridized carbons (Fsp3) is 0.471. The molecule has 1 fully saturated rings. The number of aryl methyl sites for hydroxylation is 1. The lowest BCUT2D eigenvalue weighted by Gasteiger charge is -2.22. The first-order valence-electron chi connectivity index (χ1n) is 8.23. The van der Waals surface area contributed by atoms with Crippen LogP contribution in [0, 0.1) is 6.92 Å². The normalized spacial score (nSPS) is 18.9. The molecule has 0 spiro atoms. The van der Waals surface area contributed by atoms with E-state index in [1.807, 2.05) is 31.2 Å². The maximum absolute atomic E-state index is 5.83. The Kier molecular flexibility index (Phi) is 4.03. The average Bonchev–Trinajstić information content (AvgIpc) is 3.27. The summed E-state index contributed by atoms with van der Waals surface area (Å²) in [5, 5.41) is 3.97. The number of benzene rings is 1. The molecule has 0 aliphatic carbocycles. The molecule has 4 rings (SSSR count). The largest absolute Gasteiger partial charge is 0.439 e. The van der Waals surface area contributed by atoms with E-state index in [0.717, 1.165) is 48.9 Å². The van der Waals surface area contributed by atoms with Gasteiger partial charge in [0.1, 0.15) is 5.52 Å². The number of nitrogens with zero attached hydrogens (tertiary/aromatic N) is 5. The fourth-order valence-electron chi connectivity index (χ4n) is 3.25. The number of aromatic nitrogens is 3. The molecule has 1 atom stereocenters. The molecule has 2 aromatic heterocycles. The summed E-state index contributed by atoms with van der Waals surface area (Å²) in [5.74, 6) is 2.14. The molecule has 0 N–H and O–H groups in total. The van der Waals surface area contributed by atoms with Crippen molar-refractivity contribution >= 4 is 11.1 Å². The minimum atomic E-state index is 0.480. The zero-order valence-corrected chi connectivity index (χ0v) is 14.0. The lowest BCUT2D eigenvalue weighted by atomic mass is 10.2. The van der Waals surface area contributed by atoms with Crippen molar-refractivity contribution in [3.8, 4) is 0 Å². The zero-order chi connectivity index (χ0) is 16.5. The second-order valence-electron chi connectivity index (χ2n) is 6.40. The monoisotopic (exact) mass is 327 g/mol. The molecule has 7 nitrogen and oxygen atoms in total. The number of hydrogen-bond donors (Lipinski definition) is 0. The summed E-state index contributed by atoms with van der Waals surface area (Å²) < 4.78 is 10.9. The summed E-state index contributed by atoms with van der Waals surface area (Å²) in [6, 6.07) is 8.37. The van der Waals surface area contributed by atoms with Gasteiger partial charge in [-0.3, -0.25) is 9.80 Å². The molecule has 1 aliphatic rings. The number of oxazole rings is 1. The number of fused-ring (bicyclic) bond motifs is 1. The van der Waals surface area contributed by atoms with Crippen LogP contribution in [0.3, 0.4) is 0 Å². The van der Waals surface area contributed by atoms with Gasteiger partial charge in [0.25, 0.3) is 0 Å². The van der Waals surface area contributed by atoms with Crippen molar-refractivity contribution in [3.05, 3.63) is 41.9 Å². The highest BCUT2D eigenvalue weighted by atomic mass is 16.5. The predicted molar refractivity (Wildman–Crippen MR) is 88.2 cm³/mol. The molecule has 0 amide bonds. The minimum Gasteiger partial charge on any atom is -0.439 e. The van der Waals surface area contributed by atoms with E-state index in [0.29, 0.717) is 18.5 Å². The standard InChI is InChI=1S/C17H21N5O2/c1-12-18-16(20-24-12)10-21(2)13-7-8-22(9-13)11-17-19-14-5-3-4-6-15(14)23-17/h3-6,13H,7-11H2,1-2H3. The van der Waals surface area contributed by atoms with Crippen molar-refractivity contribution in [1.82, 2.24) is 24.9 Å². The van der Waals surface area contributed by atoms with Crippen molar-refractivity contribution in [1.29, 1.82) is 0 Å². The van der Waals surface area contributed by atoms with Crippen LogP contribution in [-0.2, 0) is 13.1 Å². The number of para-hydroxylation sites is 2. The van der Waals surface area contributed by atoms with Crippen molar-refractivity contribution in [2.75, 3.05) is 20.1 Å². The summed E-state index contributed by atoms with van der Waals surface area (Å²) in [6.07, 6.45) is 1.12. The van der Waals surface area contributed by atoms with E-state index in [9.17, 15) is 0 Å². The van der Waals surface area contributed by atoms with Gasteiger partial charge in [-0.25, -0.2) is 4.98 Å². The molecule has 3 heterocycles. The molecule has 1 unspecified atom stereocenters. The predicted octanol–water partition coefficient (Wildman–Crippen LogP) is 2.23. The van der Waals surface area contributed by atoms with E-state index in [-0.39, 0.29) is 0 Å². The van der Waals surface area contributed by atoms with Crippen LogP contribution in [0.25, 0.3) is 11.1 Å². The summed E-state index contributed by atoms with van der Waals surface area (Å²) >= 11 is 0. The number of likely N-dealkylation sites (tertiary alicyclic amines) is 1. The van der Waals surface area contributed by atoms with E-state index in [1.54, 1.807) is 0 Å². The average molecular weight is 327 g/mol. The maximum Gasteiger partial charge on any atom is 0.223 e. The van der Waals surface area contributed by atoms with Gasteiger partial charge in [0.05, 0.1) is 13.1 Å². The highest BCUT2D eigenvalue weighted by molar-refractivity contribution is 5.72. The molecular weight excluding hydrogens is 306 g/mol.